The number of carbonyl (C=O) groups is 2. The molecule has 1 saturated heterocycles. The number of carbonyl (C=O) groups excluding carboxylic acids is 2. The second kappa shape index (κ2) is 11.8. The van der Waals surface area contributed by atoms with E-state index in [0.717, 1.165) is 24.0 Å². The second-order valence-electron chi connectivity index (χ2n) is 8.07. The summed E-state index contributed by atoms with van der Waals surface area (Å²) in [5.41, 5.74) is 1.53. The van der Waals surface area contributed by atoms with Crippen molar-refractivity contribution in [3.8, 4) is 0 Å². The molecule has 28 heavy (non-hydrogen) atoms. The first-order valence-corrected chi connectivity index (χ1v) is 10.0. The fourth-order valence-electron chi connectivity index (χ4n) is 3.36. The molecule has 0 aliphatic carbocycles. The molecule has 6 nitrogen and oxygen atoms in total. The predicted molar refractivity (Wildman–Crippen MR) is 110 cm³/mol. The molecule has 0 aromatic heterocycles. The largest absolute Gasteiger partial charge is 0.459 e. The number of nitrogens with zero attached hydrogens (tertiary/aromatic N) is 1. The first-order valence-electron chi connectivity index (χ1n) is 10.0. The number of Topliss-reactive ketones (excluding diaryl/α,β-unsaturated/α-hetero) is 1. The summed E-state index contributed by atoms with van der Waals surface area (Å²) >= 11 is 0. The van der Waals surface area contributed by atoms with E-state index in [1.807, 2.05) is 33.8 Å². The number of esters is 1. The van der Waals surface area contributed by atoms with Gasteiger partial charge in [-0.2, -0.15) is 0 Å². The Balaban J connectivity index is 2.72. The van der Waals surface area contributed by atoms with Gasteiger partial charge in [-0.15, -0.1) is 0 Å². The zero-order chi connectivity index (χ0) is 21.2. The summed E-state index contributed by atoms with van der Waals surface area (Å²) in [7, 11) is 0. The first kappa shape index (κ1) is 24.1. The number of oxime groups is 1. The van der Waals surface area contributed by atoms with E-state index in [2.05, 4.69) is 5.16 Å². The summed E-state index contributed by atoms with van der Waals surface area (Å²) in [5.74, 6) is -0.0824. The van der Waals surface area contributed by atoms with Crippen molar-refractivity contribution >= 4 is 18.0 Å². The summed E-state index contributed by atoms with van der Waals surface area (Å²) in [6.07, 6.45) is 8.79. The Bertz CT molecular complexity index is 618. The lowest BCUT2D eigenvalue weighted by Crippen LogP contribution is -2.43. The number of ketones is 1. The highest BCUT2D eigenvalue weighted by Gasteiger charge is 2.39. The fourth-order valence-corrected chi connectivity index (χ4v) is 3.36. The average molecular weight is 394 g/mol. The lowest BCUT2D eigenvalue weighted by Gasteiger charge is -2.35. The minimum absolute atomic E-state index is 0.00613. The van der Waals surface area contributed by atoms with Crippen molar-refractivity contribution in [1.29, 1.82) is 0 Å². The first-order chi connectivity index (χ1) is 13.2. The monoisotopic (exact) mass is 393 g/mol. The van der Waals surface area contributed by atoms with Gasteiger partial charge in [0.05, 0.1) is 12.8 Å². The van der Waals surface area contributed by atoms with Crippen LogP contribution in [0.1, 0.15) is 73.1 Å². The molecule has 1 unspecified atom stereocenters. The molecular weight excluding hydrogens is 358 g/mol. The normalized spacial score (nSPS) is 25.3. The minimum Gasteiger partial charge on any atom is -0.459 e. The Labute approximate surface area is 168 Å². The van der Waals surface area contributed by atoms with Crippen molar-refractivity contribution in [2.24, 2.45) is 11.1 Å². The molecule has 1 aliphatic rings. The van der Waals surface area contributed by atoms with Crippen LogP contribution in [0.2, 0.25) is 0 Å². The van der Waals surface area contributed by atoms with Crippen LogP contribution in [0.25, 0.3) is 0 Å². The molecule has 0 aromatic carbocycles. The van der Waals surface area contributed by atoms with Crippen LogP contribution in [0.3, 0.4) is 0 Å². The molecule has 1 fully saturated rings. The van der Waals surface area contributed by atoms with Gasteiger partial charge in [0.2, 0.25) is 0 Å². The maximum Gasteiger partial charge on any atom is 0.303 e. The van der Waals surface area contributed by atoms with Gasteiger partial charge in [0.1, 0.15) is 17.5 Å². The molecule has 0 radical (unpaired) electrons. The van der Waals surface area contributed by atoms with Crippen molar-refractivity contribution in [3.05, 3.63) is 23.3 Å². The molecule has 1 aliphatic heterocycles. The highest BCUT2D eigenvalue weighted by atomic mass is 16.6. The summed E-state index contributed by atoms with van der Waals surface area (Å²) in [6, 6.07) is 0. The van der Waals surface area contributed by atoms with Crippen LogP contribution in [0.5, 0.6) is 0 Å². The van der Waals surface area contributed by atoms with Crippen LogP contribution in [0.15, 0.2) is 28.5 Å². The van der Waals surface area contributed by atoms with Gasteiger partial charge < -0.3 is 14.7 Å². The van der Waals surface area contributed by atoms with Gasteiger partial charge in [-0.05, 0) is 64.5 Å². The van der Waals surface area contributed by atoms with Crippen LogP contribution < -0.4 is 0 Å². The average Bonchev–Trinajstić information content (AvgIpc) is 2.77. The van der Waals surface area contributed by atoms with Gasteiger partial charge in [0.25, 0.3) is 0 Å². The van der Waals surface area contributed by atoms with Gasteiger partial charge in [0, 0.05) is 19.3 Å². The molecule has 1 heterocycles. The number of rotatable bonds is 9. The van der Waals surface area contributed by atoms with E-state index in [0.29, 0.717) is 32.3 Å². The van der Waals surface area contributed by atoms with Crippen molar-refractivity contribution in [2.75, 3.05) is 6.61 Å². The topological polar surface area (TPSA) is 85.2 Å². The molecular formula is C22H35NO5. The molecule has 1 rings (SSSR count). The van der Waals surface area contributed by atoms with Crippen molar-refractivity contribution in [3.63, 3.8) is 0 Å². The maximum atomic E-state index is 12.2. The molecule has 0 saturated carbocycles. The molecule has 0 bridgehead atoms. The van der Waals surface area contributed by atoms with E-state index >= 15 is 0 Å². The summed E-state index contributed by atoms with van der Waals surface area (Å²) < 4.78 is 11.7. The van der Waals surface area contributed by atoms with E-state index in [9.17, 15) is 9.59 Å². The van der Waals surface area contributed by atoms with E-state index < -0.39 is 5.60 Å². The standard InChI is InChI=1S/C22H35NO5/c1-16(2)8-10-20(25)17(3)7-6-13-22(5)21(28-18(4)24)11-9-19(15-27-22)12-14-23-26/h8,12,14,17,21,26H,6-7,9-11,13,15H2,1-5H3/b19-12+,23-14+/t17?,21-,22+/m1/s1. The minimum atomic E-state index is -0.611. The van der Waals surface area contributed by atoms with Crippen LogP contribution in [0, 0.1) is 5.92 Å². The molecule has 6 heteroatoms. The van der Waals surface area contributed by atoms with Crippen molar-refractivity contribution in [1.82, 2.24) is 0 Å². The van der Waals surface area contributed by atoms with E-state index in [1.54, 1.807) is 6.08 Å². The number of hydrogen-bond donors (Lipinski definition) is 1. The third-order valence-electron chi connectivity index (χ3n) is 5.25. The Morgan fingerprint density at radius 1 is 1.39 bits per heavy atom. The van der Waals surface area contributed by atoms with Gasteiger partial charge in [-0.25, -0.2) is 0 Å². The Morgan fingerprint density at radius 3 is 2.71 bits per heavy atom. The van der Waals surface area contributed by atoms with Crippen molar-refractivity contribution < 1.29 is 24.3 Å². The number of hydrogen-bond acceptors (Lipinski definition) is 6. The lowest BCUT2D eigenvalue weighted by molar-refractivity contribution is -0.167. The second-order valence-corrected chi connectivity index (χ2v) is 8.07. The van der Waals surface area contributed by atoms with Crippen LogP contribution in [0.4, 0.5) is 0 Å². The quantitative estimate of drug-likeness (QED) is 0.203. The van der Waals surface area contributed by atoms with Crippen LogP contribution in [-0.2, 0) is 19.1 Å². The zero-order valence-electron chi connectivity index (χ0n) is 17.9. The summed E-state index contributed by atoms with van der Waals surface area (Å²) in [5, 5.41) is 11.6. The van der Waals surface area contributed by atoms with E-state index in [-0.39, 0.29) is 23.8 Å². The van der Waals surface area contributed by atoms with E-state index in [1.165, 1.54) is 13.1 Å². The molecule has 1 N–H and O–H groups in total. The van der Waals surface area contributed by atoms with E-state index in [4.69, 9.17) is 14.7 Å². The Morgan fingerprint density at radius 2 is 2.11 bits per heavy atom. The van der Waals surface area contributed by atoms with Gasteiger partial charge in [0.15, 0.2) is 0 Å². The lowest BCUT2D eigenvalue weighted by atomic mass is 9.87. The maximum absolute atomic E-state index is 12.2. The fraction of sp³-hybridized carbons (Fsp3) is 0.682. The van der Waals surface area contributed by atoms with Gasteiger partial charge >= 0.3 is 5.97 Å². The third-order valence-corrected chi connectivity index (χ3v) is 5.25. The highest BCUT2D eigenvalue weighted by Crippen LogP contribution is 2.34. The molecule has 158 valence electrons. The molecule has 0 amide bonds. The van der Waals surface area contributed by atoms with Crippen molar-refractivity contribution in [2.45, 2.75) is 84.8 Å². The molecule has 3 atom stereocenters. The number of allylic oxidation sites excluding steroid dienone is 3. The SMILES string of the molecule is CC(=O)O[C@@H]1CC/C(=C\C=N\O)CO[C@@]1(C)CCCC(C)C(=O)CC=C(C)C. The van der Waals surface area contributed by atoms with Gasteiger partial charge in [-0.1, -0.05) is 23.7 Å². The Kier molecular flexibility index (Phi) is 10.1. The smallest absolute Gasteiger partial charge is 0.303 e. The highest BCUT2D eigenvalue weighted by molar-refractivity contribution is 5.82. The van der Waals surface area contributed by atoms with Crippen LogP contribution >= 0.6 is 0 Å². The summed E-state index contributed by atoms with van der Waals surface area (Å²) in [6.45, 7) is 9.73. The van der Waals surface area contributed by atoms with Gasteiger partial charge in [-0.3, -0.25) is 9.59 Å². The summed E-state index contributed by atoms with van der Waals surface area (Å²) in [4.78, 5) is 23.8. The predicted octanol–water partition coefficient (Wildman–Crippen LogP) is 4.61. The molecule has 0 aromatic rings. The Hall–Kier alpha value is -1.95. The molecule has 0 spiro atoms. The third kappa shape index (κ3) is 8.38. The van der Waals surface area contributed by atoms with Crippen LogP contribution in [-0.4, -0.2) is 41.5 Å². The number of ether oxygens (including phenoxy) is 2. The zero-order valence-corrected chi connectivity index (χ0v) is 17.9.